The van der Waals surface area contributed by atoms with Crippen LogP contribution in [0, 0.1) is 0 Å². The number of nitrogen functional groups attached to an aromatic ring is 1. The van der Waals surface area contributed by atoms with Crippen molar-refractivity contribution in [3.63, 3.8) is 0 Å². The SMILES string of the molecule is CN(C)S(=O)(=O)c1ccc(-c2nc(N)n[nH]2)cc1. The first-order valence-corrected chi connectivity index (χ1v) is 6.56. The number of hydrogen-bond donors (Lipinski definition) is 2. The molecule has 0 aliphatic heterocycles. The van der Waals surface area contributed by atoms with Crippen LogP contribution >= 0.6 is 0 Å². The first-order chi connectivity index (χ1) is 8.41. The van der Waals surface area contributed by atoms with Crippen LogP contribution < -0.4 is 5.73 Å². The molecule has 3 N–H and O–H groups in total. The second kappa shape index (κ2) is 4.39. The molecule has 0 bridgehead atoms. The van der Waals surface area contributed by atoms with E-state index in [1.807, 2.05) is 0 Å². The summed E-state index contributed by atoms with van der Waals surface area (Å²) >= 11 is 0. The number of aromatic amines is 1. The van der Waals surface area contributed by atoms with Gasteiger partial charge in [-0.3, -0.25) is 5.10 Å². The highest BCUT2D eigenvalue weighted by atomic mass is 32.2. The third kappa shape index (κ3) is 2.20. The molecule has 1 aromatic carbocycles. The maximum atomic E-state index is 11.9. The molecule has 8 heteroatoms. The average molecular weight is 267 g/mol. The van der Waals surface area contributed by atoms with Crippen LogP contribution in [0.2, 0.25) is 0 Å². The summed E-state index contributed by atoms with van der Waals surface area (Å²) in [6.07, 6.45) is 0. The Kier molecular flexibility index (Phi) is 3.05. The van der Waals surface area contributed by atoms with Gasteiger partial charge in [-0.25, -0.2) is 12.7 Å². The fraction of sp³-hybridized carbons (Fsp3) is 0.200. The van der Waals surface area contributed by atoms with Crippen molar-refractivity contribution in [2.75, 3.05) is 19.8 Å². The fourth-order valence-corrected chi connectivity index (χ4v) is 2.30. The molecular formula is C10H13N5O2S. The van der Waals surface area contributed by atoms with Crippen LogP contribution in [0.25, 0.3) is 11.4 Å². The first-order valence-electron chi connectivity index (χ1n) is 5.12. The van der Waals surface area contributed by atoms with Crippen LogP contribution in [-0.4, -0.2) is 42.0 Å². The van der Waals surface area contributed by atoms with E-state index in [9.17, 15) is 8.42 Å². The van der Waals surface area contributed by atoms with Gasteiger partial charge in [-0.1, -0.05) is 0 Å². The van der Waals surface area contributed by atoms with Gasteiger partial charge in [0.25, 0.3) is 0 Å². The van der Waals surface area contributed by atoms with Crippen molar-refractivity contribution in [2.24, 2.45) is 0 Å². The molecule has 0 aliphatic carbocycles. The van der Waals surface area contributed by atoms with Crippen molar-refractivity contribution in [3.8, 4) is 11.4 Å². The Bertz CT molecular complexity index is 645. The third-order valence-corrected chi connectivity index (χ3v) is 4.24. The Morgan fingerprint density at radius 1 is 1.22 bits per heavy atom. The molecule has 0 aliphatic rings. The van der Waals surface area contributed by atoms with Crippen molar-refractivity contribution >= 4 is 16.0 Å². The van der Waals surface area contributed by atoms with Crippen molar-refractivity contribution in [3.05, 3.63) is 24.3 Å². The van der Waals surface area contributed by atoms with Crippen molar-refractivity contribution in [1.29, 1.82) is 0 Å². The number of nitrogens with two attached hydrogens (primary N) is 1. The fourth-order valence-electron chi connectivity index (χ4n) is 1.40. The van der Waals surface area contributed by atoms with Gasteiger partial charge in [0.1, 0.15) is 0 Å². The maximum Gasteiger partial charge on any atom is 0.242 e. The minimum absolute atomic E-state index is 0.148. The number of nitrogens with one attached hydrogen (secondary N) is 1. The monoisotopic (exact) mass is 267 g/mol. The number of rotatable bonds is 3. The van der Waals surface area contributed by atoms with E-state index in [0.717, 1.165) is 9.87 Å². The summed E-state index contributed by atoms with van der Waals surface area (Å²) in [5.74, 6) is 0.649. The molecule has 2 rings (SSSR count). The summed E-state index contributed by atoms with van der Waals surface area (Å²) in [6, 6.07) is 6.33. The van der Waals surface area contributed by atoms with E-state index in [1.165, 1.54) is 26.2 Å². The van der Waals surface area contributed by atoms with Gasteiger partial charge in [-0.05, 0) is 24.3 Å². The van der Waals surface area contributed by atoms with Gasteiger partial charge in [0, 0.05) is 19.7 Å². The largest absolute Gasteiger partial charge is 0.366 e. The molecule has 96 valence electrons. The molecule has 18 heavy (non-hydrogen) atoms. The number of hydrogen-bond acceptors (Lipinski definition) is 5. The molecule has 0 saturated carbocycles. The molecular weight excluding hydrogens is 254 g/mol. The lowest BCUT2D eigenvalue weighted by molar-refractivity contribution is 0.521. The highest BCUT2D eigenvalue weighted by Gasteiger charge is 2.17. The van der Waals surface area contributed by atoms with Gasteiger partial charge in [0.05, 0.1) is 4.90 Å². The van der Waals surface area contributed by atoms with Crippen LogP contribution in [0.5, 0.6) is 0 Å². The van der Waals surface area contributed by atoms with Gasteiger partial charge in [0.15, 0.2) is 5.82 Å². The zero-order valence-electron chi connectivity index (χ0n) is 9.95. The lowest BCUT2D eigenvalue weighted by Gasteiger charge is -2.11. The number of benzene rings is 1. The first kappa shape index (κ1) is 12.5. The van der Waals surface area contributed by atoms with Gasteiger partial charge < -0.3 is 5.73 Å². The zero-order chi connectivity index (χ0) is 13.3. The van der Waals surface area contributed by atoms with E-state index in [4.69, 9.17) is 5.73 Å². The predicted molar refractivity (Wildman–Crippen MR) is 67.1 cm³/mol. The van der Waals surface area contributed by atoms with Crippen LogP contribution in [-0.2, 0) is 10.0 Å². The Morgan fingerprint density at radius 2 is 1.83 bits per heavy atom. The number of aromatic nitrogens is 3. The molecule has 7 nitrogen and oxygen atoms in total. The molecule has 1 aromatic heterocycles. The normalized spacial score (nSPS) is 11.9. The van der Waals surface area contributed by atoms with Crippen LogP contribution in [0.15, 0.2) is 29.2 Å². The van der Waals surface area contributed by atoms with E-state index in [2.05, 4.69) is 15.2 Å². The number of H-pyrrole nitrogens is 1. The lowest BCUT2D eigenvalue weighted by Crippen LogP contribution is -2.22. The molecule has 0 saturated heterocycles. The average Bonchev–Trinajstić information content (AvgIpc) is 2.76. The molecule has 0 spiro atoms. The summed E-state index contributed by atoms with van der Waals surface area (Å²) in [6.45, 7) is 0. The van der Waals surface area contributed by atoms with E-state index < -0.39 is 10.0 Å². The second-order valence-electron chi connectivity index (χ2n) is 3.85. The summed E-state index contributed by atoms with van der Waals surface area (Å²) < 4.78 is 24.9. The summed E-state index contributed by atoms with van der Waals surface area (Å²) in [5, 5.41) is 6.36. The number of nitrogens with zero attached hydrogens (tertiary/aromatic N) is 3. The van der Waals surface area contributed by atoms with Crippen molar-refractivity contribution in [2.45, 2.75) is 4.90 Å². The zero-order valence-corrected chi connectivity index (χ0v) is 10.8. The number of sulfonamides is 1. The molecule has 2 aromatic rings. The van der Waals surface area contributed by atoms with E-state index in [0.29, 0.717) is 5.82 Å². The van der Waals surface area contributed by atoms with Crippen LogP contribution in [0.4, 0.5) is 5.95 Å². The smallest absolute Gasteiger partial charge is 0.242 e. The second-order valence-corrected chi connectivity index (χ2v) is 6.01. The molecule has 0 radical (unpaired) electrons. The van der Waals surface area contributed by atoms with Gasteiger partial charge in [-0.2, -0.15) is 4.98 Å². The van der Waals surface area contributed by atoms with Crippen LogP contribution in [0.1, 0.15) is 0 Å². The maximum absolute atomic E-state index is 11.9. The molecule has 0 amide bonds. The highest BCUT2D eigenvalue weighted by molar-refractivity contribution is 7.89. The Hall–Kier alpha value is -1.93. The highest BCUT2D eigenvalue weighted by Crippen LogP contribution is 2.19. The quantitative estimate of drug-likeness (QED) is 0.832. The Labute approximate surface area is 105 Å². The summed E-state index contributed by atoms with van der Waals surface area (Å²) in [5.41, 5.74) is 6.12. The van der Waals surface area contributed by atoms with E-state index in [1.54, 1.807) is 12.1 Å². The summed E-state index contributed by atoms with van der Waals surface area (Å²) in [7, 11) is -0.435. The van der Waals surface area contributed by atoms with Gasteiger partial charge in [0.2, 0.25) is 16.0 Å². The number of anilines is 1. The van der Waals surface area contributed by atoms with Crippen molar-refractivity contribution in [1.82, 2.24) is 19.5 Å². The lowest BCUT2D eigenvalue weighted by atomic mass is 10.2. The van der Waals surface area contributed by atoms with E-state index >= 15 is 0 Å². The van der Waals surface area contributed by atoms with Crippen LogP contribution in [0.3, 0.4) is 0 Å². The molecule has 0 atom stereocenters. The van der Waals surface area contributed by atoms with Gasteiger partial charge >= 0.3 is 0 Å². The Morgan fingerprint density at radius 3 is 2.28 bits per heavy atom. The standard InChI is InChI=1S/C10H13N5O2S/c1-15(2)18(16,17)8-5-3-7(4-6-8)9-12-10(11)14-13-9/h3-6H,1-2H3,(H3,11,12,13,14). The van der Waals surface area contributed by atoms with E-state index in [-0.39, 0.29) is 10.8 Å². The third-order valence-electron chi connectivity index (χ3n) is 2.41. The molecule has 1 heterocycles. The van der Waals surface area contributed by atoms with Crippen molar-refractivity contribution < 1.29 is 8.42 Å². The molecule has 0 unspecified atom stereocenters. The topological polar surface area (TPSA) is 105 Å². The summed E-state index contributed by atoms with van der Waals surface area (Å²) in [4.78, 5) is 4.18. The minimum atomic E-state index is -3.41. The molecule has 0 fully saturated rings. The predicted octanol–water partition coefficient (Wildman–Crippen LogP) is 0.304. The Balaban J connectivity index is 2.37. The van der Waals surface area contributed by atoms with Gasteiger partial charge in [-0.15, -0.1) is 5.10 Å². The minimum Gasteiger partial charge on any atom is -0.366 e.